The standard InChI is InChI=1S/C22H30I.C3H8O4S/c1-7-21(3,4)17-9-13-19(14-10-17)23-20-15-11-18(12-16-20)22(5,6)8-2;1-2-3-7-8(4,5)6/h9-16H,7-8H2,1-6H3;2-3H2,1H3,(H,4,5,6)/q+1;/p-1. The molecular formula is C25H37IO4S. The fraction of sp³-hybridized carbons (Fsp3) is 0.520. The molecule has 31 heavy (non-hydrogen) atoms. The van der Waals surface area contributed by atoms with Gasteiger partial charge < -0.3 is 4.55 Å². The van der Waals surface area contributed by atoms with Crippen LogP contribution in [0.3, 0.4) is 0 Å². The van der Waals surface area contributed by atoms with E-state index < -0.39 is 10.4 Å². The zero-order valence-electron chi connectivity index (χ0n) is 19.9. The summed E-state index contributed by atoms with van der Waals surface area (Å²) >= 11 is -0.0793. The van der Waals surface area contributed by atoms with Crippen LogP contribution in [0.15, 0.2) is 48.5 Å². The van der Waals surface area contributed by atoms with Crippen LogP contribution in [0.5, 0.6) is 0 Å². The molecule has 0 saturated heterocycles. The Labute approximate surface area is 200 Å². The molecule has 0 aliphatic rings. The summed E-state index contributed by atoms with van der Waals surface area (Å²) in [5.74, 6) is 0. The van der Waals surface area contributed by atoms with Crippen molar-refractivity contribution in [3.63, 3.8) is 0 Å². The third-order valence-corrected chi connectivity index (χ3v) is 8.81. The van der Waals surface area contributed by atoms with Gasteiger partial charge in [0.05, 0.1) is 6.61 Å². The minimum atomic E-state index is -4.44. The fourth-order valence-corrected chi connectivity index (χ4v) is 5.18. The van der Waals surface area contributed by atoms with Crippen LogP contribution >= 0.6 is 0 Å². The van der Waals surface area contributed by atoms with E-state index in [1.54, 1.807) is 6.92 Å². The van der Waals surface area contributed by atoms with Crippen molar-refractivity contribution in [1.82, 2.24) is 0 Å². The van der Waals surface area contributed by atoms with Crippen molar-refractivity contribution < 1.29 is 38.4 Å². The van der Waals surface area contributed by atoms with Gasteiger partial charge in [-0.3, -0.25) is 4.18 Å². The minimum Gasteiger partial charge on any atom is -0.726 e. The number of hydrogen-bond donors (Lipinski definition) is 0. The molecule has 6 heteroatoms. The van der Waals surface area contributed by atoms with Gasteiger partial charge in [-0.25, -0.2) is 8.42 Å². The molecule has 0 spiro atoms. The largest absolute Gasteiger partial charge is 0.726 e. The van der Waals surface area contributed by atoms with Crippen LogP contribution < -0.4 is 21.2 Å². The molecule has 0 radical (unpaired) electrons. The molecule has 0 aromatic heterocycles. The number of rotatable bonds is 9. The van der Waals surface area contributed by atoms with Crippen molar-refractivity contribution in [3.05, 3.63) is 66.8 Å². The summed E-state index contributed by atoms with van der Waals surface area (Å²) in [6.45, 7) is 15.5. The molecule has 0 bridgehead atoms. The van der Waals surface area contributed by atoms with E-state index in [0.29, 0.717) is 6.42 Å². The first-order valence-electron chi connectivity index (χ1n) is 10.8. The maximum absolute atomic E-state index is 9.61. The number of benzene rings is 2. The molecule has 0 aliphatic heterocycles. The van der Waals surface area contributed by atoms with Crippen LogP contribution in [-0.4, -0.2) is 19.6 Å². The summed E-state index contributed by atoms with van der Waals surface area (Å²) in [6, 6.07) is 18.7. The van der Waals surface area contributed by atoms with Gasteiger partial charge >= 0.3 is 21.2 Å². The van der Waals surface area contributed by atoms with Gasteiger partial charge in [-0.15, -0.1) is 0 Å². The predicted octanol–water partition coefficient (Wildman–Crippen LogP) is 3.06. The molecule has 0 heterocycles. The van der Waals surface area contributed by atoms with Crippen LogP contribution in [-0.2, 0) is 25.4 Å². The van der Waals surface area contributed by atoms with Gasteiger partial charge in [0.2, 0.25) is 10.4 Å². The molecule has 0 N–H and O–H groups in total. The Morgan fingerprint density at radius 1 is 0.774 bits per heavy atom. The summed E-state index contributed by atoms with van der Waals surface area (Å²) in [5.41, 5.74) is 3.47. The van der Waals surface area contributed by atoms with E-state index in [1.165, 1.54) is 31.1 Å². The average Bonchev–Trinajstić information content (AvgIpc) is 2.73. The molecule has 2 aromatic rings. The lowest BCUT2D eigenvalue weighted by Gasteiger charge is -2.23. The molecular weight excluding hydrogens is 523 g/mol. The van der Waals surface area contributed by atoms with Gasteiger partial charge in [-0.2, -0.15) is 0 Å². The van der Waals surface area contributed by atoms with Gasteiger partial charge in [0.15, 0.2) is 7.14 Å². The van der Waals surface area contributed by atoms with E-state index in [9.17, 15) is 13.0 Å². The summed E-state index contributed by atoms with van der Waals surface area (Å²) in [7, 11) is -4.44. The third-order valence-electron chi connectivity index (χ3n) is 5.67. The second-order valence-electron chi connectivity index (χ2n) is 8.81. The van der Waals surface area contributed by atoms with E-state index in [0.717, 1.165) is 0 Å². The van der Waals surface area contributed by atoms with Crippen molar-refractivity contribution in [3.8, 4) is 0 Å². The highest BCUT2D eigenvalue weighted by Gasteiger charge is 2.22. The first-order valence-corrected chi connectivity index (χ1v) is 14.3. The number of halogens is 1. The lowest BCUT2D eigenvalue weighted by molar-refractivity contribution is -0.597. The summed E-state index contributed by atoms with van der Waals surface area (Å²) in [4.78, 5) is 0. The zero-order chi connectivity index (χ0) is 23.7. The molecule has 0 saturated carbocycles. The molecule has 4 nitrogen and oxygen atoms in total. The molecule has 174 valence electrons. The van der Waals surface area contributed by atoms with E-state index in [2.05, 4.69) is 94.3 Å². The van der Waals surface area contributed by atoms with Crippen LogP contribution in [0, 0.1) is 7.14 Å². The molecule has 0 aliphatic carbocycles. The fourth-order valence-electron chi connectivity index (χ4n) is 2.65. The molecule has 2 rings (SSSR count). The predicted molar refractivity (Wildman–Crippen MR) is 123 cm³/mol. The summed E-state index contributed by atoms with van der Waals surface area (Å²) in [6.07, 6.45) is 2.88. The first-order chi connectivity index (χ1) is 14.3. The Morgan fingerprint density at radius 2 is 1.13 bits per heavy atom. The van der Waals surface area contributed by atoms with Gasteiger partial charge in [0.1, 0.15) is 0 Å². The molecule has 0 amide bonds. The SMILES string of the molecule is CCC(C)(C)c1ccc([I+]c2ccc(C(C)(C)CC)cc2)cc1.CCCOS(=O)(=O)[O-]. The second-order valence-corrected chi connectivity index (χ2v) is 12.9. The zero-order valence-corrected chi connectivity index (χ0v) is 22.8. The van der Waals surface area contributed by atoms with Gasteiger partial charge in [0.25, 0.3) is 0 Å². The summed E-state index contributed by atoms with van der Waals surface area (Å²) in [5, 5.41) is 0. The second kappa shape index (κ2) is 12.3. The van der Waals surface area contributed by atoms with Gasteiger partial charge in [-0.05, 0) is 65.5 Å². The Hall–Kier alpha value is -0.960. The highest BCUT2D eigenvalue weighted by atomic mass is 127. The Bertz CT molecular complexity index is 829. The van der Waals surface area contributed by atoms with Crippen LogP contribution in [0.1, 0.15) is 78.9 Å². The molecule has 0 atom stereocenters. The van der Waals surface area contributed by atoms with Crippen LogP contribution in [0.4, 0.5) is 0 Å². The maximum Gasteiger partial charge on any atom is 0.357 e. The monoisotopic (exact) mass is 560 g/mol. The van der Waals surface area contributed by atoms with Gasteiger partial charge in [0, 0.05) is 0 Å². The molecule has 2 aromatic carbocycles. The van der Waals surface area contributed by atoms with Crippen molar-refractivity contribution in [2.75, 3.05) is 6.61 Å². The normalized spacial score (nSPS) is 12.3. The third kappa shape index (κ3) is 10.0. The van der Waals surface area contributed by atoms with E-state index in [4.69, 9.17) is 0 Å². The Balaban J connectivity index is 0.000000512. The van der Waals surface area contributed by atoms with Gasteiger partial charge in [-0.1, -0.05) is 72.7 Å². The highest BCUT2D eigenvalue weighted by molar-refractivity contribution is 7.80. The lowest BCUT2D eigenvalue weighted by atomic mass is 9.82. The van der Waals surface area contributed by atoms with E-state index in [1.807, 2.05) is 0 Å². The van der Waals surface area contributed by atoms with Crippen molar-refractivity contribution >= 4 is 10.4 Å². The van der Waals surface area contributed by atoms with Crippen molar-refractivity contribution in [1.29, 1.82) is 0 Å². The van der Waals surface area contributed by atoms with Crippen molar-refractivity contribution in [2.24, 2.45) is 0 Å². The quantitative estimate of drug-likeness (QED) is 0.269. The Morgan fingerprint density at radius 3 is 1.35 bits per heavy atom. The summed E-state index contributed by atoms with van der Waals surface area (Å²) < 4.78 is 35.6. The highest BCUT2D eigenvalue weighted by Crippen LogP contribution is 2.26. The molecule has 0 unspecified atom stereocenters. The molecule has 0 fully saturated rings. The topological polar surface area (TPSA) is 66.4 Å². The van der Waals surface area contributed by atoms with Crippen molar-refractivity contribution in [2.45, 2.75) is 78.6 Å². The van der Waals surface area contributed by atoms with E-state index in [-0.39, 0.29) is 38.6 Å². The average molecular weight is 561 g/mol. The van der Waals surface area contributed by atoms with Crippen LogP contribution in [0.2, 0.25) is 0 Å². The smallest absolute Gasteiger partial charge is 0.357 e. The lowest BCUT2D eigenvalue weighted by Crippen LogP contribution is -3.61. The Kier molecular flexibility index (Phi) is 11.2. The number of hydrogen-bond acceptors (Lipinski definition) is 4. The minimum absolute atomic E-state index is 0.0220. The first kappa shape index (κ1) is 28.1. The van der Waals surface area contributed by atoms with Crippen LogP contribution in [0.25, 0.3) is 0 Å². The van der Waals surface area contributed by atoms with E-state index >= 15 is 0 Å². The maximum atomic E-state index is 9.61.